The van der Waals surface area contributed by atoms with Crippen LogP contribution in [0, 0.1) is 6.92 Å². The highest BCUT2D eigenvalue weighted by Gasteiger charge is 2.46. The minimum Gasteiger partial charge on any atom is -0.388 e. The van der Waals surface area contributed by atoms with Crippen LogP contribution in [0.1, 0.15) is 37.1 Å². The maximum Gasteiger partial charge on any atom is 0.0801 e. The van der Waals surface area contributed by atoms with Crippen molar-refractivity contribution in [3.63, 3.8) is 0 Å². The van der Waals surface area contributed by atoms with E-state index in [1.165, 1.54) is 12.8 Å². The number of hydrogen-bond donors (Lipinski definition) is 2. The fourth-order valence-corrected chi connectivity index (χ4v) is 4.02. The van der Waals surface area contributed by atoms with Crippen molar-refractivity contribution >= 4 is 0 Å². The minimum atomic E-state index is -0.517. The highest BCUT2D eigenvalue weighted by Crippen LogP contribution is 2.41. The van der Waals surface area contributed by atoms with Gasteiger partial charge in [-0.2, -0.15) is 0 Å². The molecule has 0 amide bonds. The summed E-state index contributed by atoms with van der Waals surface area (Å²) in [7, 11) is 1.92. The summed E-state index contributed by atoms with van der Waals surface area (Å²) in [6.45, 7) is 3.67. The van der Waals surface area contributed by atoms with Crippen LogP contribution in [0.25, 0.3) is 0 Å². The smallest absolute Gasteiger partial charge is 0.0801 e. The van der Waals surface area contributed by atoms with Crippen molar-refractivity contribution in [3.8, 4) is 0 Å². The Morgan fingerprint density at radius 1 is 1.35 bits per heavy atom. The number of aliphatic hydroxyl groups is 1. The van der Waals surface area contributed by atoms with Crippen LogP contribution in [-0.4, -0.2) is 46.3 Å². The summed E-state index contributed by atoms with van der Waals surface area (Å²) in [5.74, 6) is 0. The number of piperidine rings is 1. The van der Waals surface area contributed by atoms with Crippen molar-refractivity contribution in [1.29, 1.82) is 0 Å². The second-order valence-corrected chi connectivity index (χ2v) is 6.49. The van der Waals surface area contributed by atoms with Crippen molar-refractivity contribution in [2.45, 2.75) is 56.8 Å². The summed E-state index contributed by atoms with van der Waals surface area (Å²) < 4.78 is 0. The Balaban J connectivity index is 1.71. The van der Waals surface area contributed by atoms with Crippen molar-refractivity contribution in [2.24, 2.45) is 0 Å². The van der Waals surface area contributed by atoms with E-state index in [-0.39, 0.29) is 0 Å². The fraction of sp³-hybridized carbons (Fsp3) is 0.688. The third kappa shape index (κ3) is 2.73. The monoisotopic (exact) mass is 275 g/mol. The Kier molecular flexibility index (Phi) is 3.80. The molecule has 3 heterocycles. The minimum absolute atomic E-state index is 0.509. The number of nitrogens with one attached hydrogen (secondary N) is 1. The molecule has 110 valence electrons. The van der Waals surface area contributed by atoms with Gasteiger partial charge in [-0.25, -0.2) is 0 Å². The largest absolute Gasteiger partial charge is 0.388 e. The van der Waals surface area contributed by atoms with Crippen LogP contribution in [-0.2, 0) is 6.54 Å². The molecule has 20 heavy (non-hydrogen) atoms. The van der Waals surface area contributed by atoms with Crippen molar-refractivity contribution < 1.29 is 5.11 Å². The lowest BCUT2D eigenvalue weighted by Crippen LogP contribution is -2.54. The summed E-state index contributed by atoms with van der Waals surface area (Å²) in [5, 5.41) is 13.8. The van der Waals surface area contributed by atoms with Gasteiger partial charge >= 0.3 is 0 Å². The maximum atomic E-state index is 10.7. The summed E-state index contributed by atoms with van der Waals surface area (Å²) in [5.41, 5.74) is 1.72. The Morgan fingerprint density at radius 3 is 2.65 bits per heavy atom. The lowest BCUT2D eigenvalue weighted by molar-refractivity contribution is -0.0522. The normalized spacial score (nSPS) is 33.5. The number of fused-ring (bicyclic) bond motifs is 2. The molecule has 0 saturated carbocycles. The zero-order valence-corrected chi connectivity index (χ0v) is 12.5. The standard InChI is InChI=1S/C16H25N3O/c1-12-4-3-5-13(18-12)10-19-14-6-7-15(19)9-16(20,8-14)11-17-2/h3-5,14-15,17,20H,6-11H2,1-2H3. The third-order valence-electron chi connectivity index (χ3n) is 4.80. The first-order chi connectivity index (χ1) is 9.59. The van der Waals surface area contributed by atoms with E-state index in [1.54, 1.807) is 0 Å². The van der Waals surface area contributed by atoms with Gasteiger partial charge in [0.15, 0.2) is 0 Å². The molecular weight excluding hydrogens is 250 g/mol. The van der Waals surface area contributed by atoms with E-state index < -0.39 is 5.60 Å². The van der Waals surface area contributed by atoms with Crippen LogP contribution in [0.5, 0.6) is 0 Å². The van der Waals surface area contributed by atoms with Gasteiger partial charge < -0.3 is 10.4 Å². The topological polar surface area (TPSA) is 48.4 Å². The van der Waals surface area contributed by atoms with Gasteiger partial charge in [-0.3, -0.25) is 9.88 Å². The molecule has 4 heteroatoms. The van der Waals surface area contributed by atoms with Gasteiger partial charge in [-0.15, -0.1) is 0 Å². The van der Waals surface area contributed by atoms with E-state index in [2.05, 4.69) is 27.3 Å². The first kappa shape index (κ1) is 14.0. The first-order valence-corrected chi connectivity index (χ1v) is 7.65. The molecule has 2 aliphatic heterocycles. The Bertz CT molecular complexity index is 463. The Morgan fingerprint density at radius 2 is 2.05 bits per heavy atom. The maximum absolute atomic E-state index is 10.7. The molecule has 1 aromatic rings. The van der Waals surface area contributed by atoms with E-state index in [1.807, 2.05) is 20.0 Å². The highest BCUT2D eigenvalue weighted by molar-refractivity contribution is 5.12. The zero-order valence-electron chi connectivity index (χ0n) is 12.5. The van der Waals surface area contributed by atoms with Gasteiger partial charge in [0.2, 0.25) is 0 Å². The van der Waals surface area contributed by atoms with Gasteiger partial charge in [0.1, 0.15) is 0 Å². The van der Waals surface area contributed by atoms with Crippen molar-refractivity contribution in [3.05, 3.63) is 29.6 Å². The Labute approximate surface area is 121 Å². The Hall–Kier alpha value is -0.970. The van der Waals surface area contributed by atoms with Crippen LogP contribution < -0.4 is 5.32 Å². The van der Waals surface area contributed by atoms with Crippen LogP contribution in [0.4, 0.5) is 0 Å². The van der Waals surface area contributed by atoms with Gasteiger partial charge in [0, 0.05) is 30.9 Å². The lowest BCUT2D eigenvalue weighted by atomic mass is 9.86. The fourth-order valence-electron chi connectivity index (χ4n) is 4.02. The molecule has 0 aliphatic carbocycles. The SMILES string of the molecule is CNCC1(O)CC2CCC(C1)N2Cc1cccc(C)n1. The van der Waals surface area contributed by atoms with Crippen LogP contribution >= 0.6 is 0 Å². The van der Waals surface area contributed by atoms with E-state index in [4.69, 9.17) is 0 Å². The second-order valence-electron chi connectivity index (χ2n) is 6.49. The van der Waals surface area contributed by atoms with E-state index >= 15 is 0 Å². The predicted molar refractivity (Wildman–Crippen MR) is 79.4 cm³/mol. The van der Waals surface area contributed by atoms with Gasteiger partial charge in [0.05, 0.1) is 11.3 Å². The number of nitrogens with zero attached hydrogens (tertiary/aromatic N) is 2. The lowest BCUT2D eigenvalue weighted by Gasteiger charge is -2.43. The summed E-state index contributed by atoms with van der Waals surface area (Å²) in [4.78, 5) is 7.18. The first-order valence-electron chi connectivity index (χ1n) is 7.65. The third-order valence-corrected chi connectivity index (χ3v) is 4.80. The number of hydrogen-bond acceptors (Lipinski definition) is 4. The van der Waals surface area contributed by atoms with Gasteiger partial charge in [-0.1, -0.05) is 6.07 Å². The molecular formula is C16H25N3O. The summed E-state index contributed by atoms with van der Waals surface area (Å²) >= 11 is 0. The number of likely N-dealkylation sites (N-methyl/N-ethyl adjacent to an activating group) is 1. The quantitative estimate of drug-likeness (QED) is 0.873. The van der Waals surface area contributed by atoms with Crippen molar-refractivity contribution in [1.82, 2.24) is 15.2 Å². The average molecular weight is 275 g/mol. The number of rotatable bonds is 4. The predicted octanol–water partition coefficient (Wildman–Crippen LogP) is 1.47. The molecule has 0 spiro atoms. The molecule has 2 aliphatic rings. The second kappa shape index (κ2) is 5.43. The van der Waals surface area contributed by atoms with Crippen LogP contribution in [0.3, 0.4) is 0 Å². The molecule has 2 unspecified atom stereocenters. The molecule has 2 atom stereocenters. The van der Waals surface area contributed by atoms with E-state index in [9.17, 15) is 5.11 Å². The van der Waals surface area contributed by atoms with Crippen molar-refractivity contribution in [2.75, 3.05) is 13.6 Å². The molecule has 2 N–H and O–H groups in total. The summed E-state index contributed by atoms with van der Waals surface area (Å²) in [6, 6.07) is 7.26. The molecule has 4 nitrogen and oxygen atoms in total. The number of aryl methyl sites for hydroxylation is 1. The molecule has 0 aromatic carbocycles. The summed E-state index contributed by atoms with van der Waals surface area (Å²) in [6.07, 6.45) is 4.19. The highest BCUT2D eigenvalue weighted by atomic mass is 16.3. The number of aromatic nitrogens is 1. The van der Waals surface area contributed by atoms with Gasteiger partial charge in [-0.05, 0) is 51.8 Å². The molecule has 0 radical (unpaired) electrons. The average Bonchev–Trinajstić information content (AvgIpc) is 2.64. The molecule has 2 bridgehead atoms. The van der Waals surface area contributed by atoms with E-state index in [0.29, 0.717) is 18.6 Å². The van der Waals surface area contributed by atoms with Crippen LogP contribution in [0.2, 0.25) is 0 Å². The number of pyridine rings is 1. The zero-order chi connectivity index (χ0) is 14.2. The van der Waals surface area contributed by atoms with Gasteiger partial charge in [0.25, 0.3) is 0 Å². The molecule has 3 rings (SSSR count). The van der Waals surface area contributed by atoms with E-state index in [0.717, 1.165) is 30.8 Å². The molecule has 1 aromatic heterocycles. The molecule has 2 fully saturated rings. The van der Waals surface area contributed by atoms with Crippen LogP contribution in [0.15, 0.2) is 18.2 Å². The molecule has 2 saturated heterocycles.